The van der Waals surface area contributed by atoms with Crippen molar-refractivity contribution in [2.45, 2.75) is 12.6 Å². The van der Waals surface area contributed by atoms with Gasteiger partial charge in [-0.25, -0.2) is 0 Å². The van der Waals surface area contributed by atoms with Gasteiger partial charge in [-0.2, -0.15) is 0 Å². The maximum Gasteiger partial charge on any atom is 0.178 e. The van der Waals surface area contributed by atoms with E-state index in [0.717, 1.165) is 27.1 Å². The fraction of sp³-hybridized carbons (Fsp3) is 0.190. The van der Waals surface area contributed by atoms with E-state index in [-0.39, 0.29) is 6.61 Å². The fourth-order valence-corrected chi connectivity index (χ4v) is 3.77. The number of aliphatic hydroxyl groups excluding tert-OH is 1. The average Bonchev–Trinajstić information content (AvgIpc) is 3.32. The van der Waals surface area contributed by atoms with Crippen LogP contribution in [-0.4, -0.2) is 29.5 Å². The third kappa shape index (κ3) is 4.54. The summed E-state index contributed by atoms with van der Waals surface area (Å²) >= 11 is 7.47. The van der Waals surface area contributed by atoms with Crippen molar-refractivity contribution in [3.8, 4) is 17.0 Å². The smallest absolute Gasteiger partial charge is 0.178 e. The average molecular weight is 415 g/mol. The van der Waals surface area contributed by atoms with Gasteiger partial charge < -0.3 is 19.7 Å². The zero-order valence-electron chi connectivity index (χ0n) is 15.0. The predicted molar refractivity (Wildman–Crippen MR) is 112 cm³/mol. The number of hydrogen-bond donors (Lipinski definition) is 2. The molecule has 144 valence electrons. The lowest BCUT2D eigenvalue weighted by atomic mass is 10.1. The van der Waals surface area contributed by atoms with Gasteiger partial charge in [0.05, 0.1) is 0 Å². The lowest BCUT2D eigenvalue weighted by Crippen LogP contribution is -2.31. The summed E-state index contributed by atoms with van der Waals surface area (Å²) in [6.45, 7) is 1.29. The number of aromatic nitrogens is 1. The molecule has 0 spiro atoms. The summed E-state index contributed by atoms with van der Waals surface area (Å²) in [6, 6.07) is 17.2. The summed E-state index contributed by atoms with van der Waals surface area (Å²) in [6.07, 6.45) is -0.619. The van der Waals surface area contributed by atoms with Gasteiger partial charge in [-0.15, -0.1) is 11.3 Å². The van der Waals surface area contributed by atoms with Crippen LogP contribution in [0.3, 0.4) is 0 Å². The molecule has 5 nitrogen and oxygen atoms in total. The zero-order chi connectivity index (χ0) is 19.3. The first-order chi connectivity index (χ1) is 13.7. The van der Waals surface area contributed by atoms with Gasteiger partial charge in [-0.1, -0.05) is 41.0 Å². The molecular formula is C21H19ClN2O3S. The number of thiophene rings is 1. The predicted octanol–water partition coefficient (Wildman–Crippen LogP) is 4.74. The second kappa shape index (κ2) is 8.75. The highest BCUT2D eigenvalue weighted by molar-refractivity contribution is 7.17. The lowest BCUT2D eigenvalue weighted by molar-refractivity contribution is 0.106. The van der Waals surface area contributed by atoms with Crippen molar-refractivity contribution in [2.24, 2.45) is 0 Å². The van der Waals surface area contributed by atoms with Gasteiger partial charge in [0.15, 0.2) is 5.58 Å². The summed E-state index contributed by atoms with van der Waals surface area (Å²) < 4.78 is 12.1. The molecule has 0 amide bonds. The first kappa shape index (κ1) is 19.0. The minimum absolute atomic E-state index is 0.199. The standard InChI is InChI=1S/C21H19ClN2O3S/c22-16-6-4-14(5-7-16)11-23-12-17(25)13-26-18-3-1-2-15(10-18)20-21-19(27-24-20)8-9-28-21/h1-10,17,23,25H,11-13H2. The van der Waals surface area contributed by atoms with Crippen LogP contribution < -0.4 is 10.1 Å². The second-order valence-electron chi connectivity index (χ2n) is 6.40. The number of aliphatic hydroxyl groups is 1. The van der Waals surface area contributed by atoms with Gasteiger partial charge in [-0.3, -0.25) is 0 Å². The Morgan fingerprint density at radius 1 is 1.18 bits per heavy atom. The number of halogens is 1. The van der Waals surface area contributed by atoms with Crippen molar-refractivity contribution in [2.75, 3.05) is 13.2 Å². The SMILES string of the molecule is OC(CNCc1ccc(Cl)cc1)COc1cccc(-c2noc3ccsc23)c1. The van der Waals surface area contributed by atoms with Gasteiger partial charge in [0, 0.05) is 23.7 Å². The van der Waals surface area contributed by atoms with Crippen molar-refractivity contribution >= 4 is 33.2 Å². The highest BCUT2D eigenvalue weighted by atomic mass is 35.5. The maximum atomic E-state index is 10.2. The van der Waals surface area contributed by atoms with Gasteiger partial charge in [0.1, 0.15) is 28.9 Å². The molecule has 4 rings (SSSR count). The number of rotatable bonds is 8. The Morgan fingerprint density at radius 2 is 2.04 bits per heavy atom. The summed E-state index contributed by atoms with van der Waals surface area (Å²) in [5.41, 5.74) is 3.63. The molecule has 2 aromatic heterocycles. The first-order valence-electron chi connectivity index (χ1n) is 8.88. The molecule has 2 aromatic carbocycles. The van der Waals surface area contributed by atoms with E-state index in [1.165, 1.54) is 0 Å². The van der Waals surface area contributed by atoms with Gasteiger partial charge >= 0.3 is 0 Å². The molecule has 0 aliphatic rings. The molecule has 1 unspecified atom stereocenters. The van der Waals surface area contributed by atoms with Crippen LogP contribution in [0, 0.1) is 0 Å². The molecular weight excluding hydrogens is 396 g/mol. The molecule has 0 bridgehead atoms. The summed E-state index contributed by atoms with van der Waals surface area (Å²) in [7, 11) is 0. The van der Waals surface area contributed by atoms with E-state index in [4.69, 9.17) is 20.9 Å². The van der Waals surface area contributed by atoms with Crippen LogP contribution in [0.1, 0.15) is 5.56 Å². The maximum absolute atomic E-state index is 10.2. The number of hydrogen-bond acceptors (Lipinski definition) is 6. The Hall–Kier alpha value is -2.38. The molecule has 2 heterocycles. The van der Waals surface area contributed by atoms with Crippen molar-refractivity contribution < 1.29 is 14.4 Å². The van der Waals surface area contributed by atoms with Crippen molar-refractivity contribution in [3.63, 3.8) is 0 Å². The van der Waals surface area contributed by atoms with E-state index in [0.29, 0.717) is 23.9 Å². The van der Waals surface area contributed by atoms with E-state index in [2.05, 4.69) is 10.5 Å². The van der Waals surface area contributed by atoms with Crippen LogP contribution in [-0.2, 0) is 6.54 Å². The second-order valence-corrected chi connectivity index (χ2v) is 7.75. The minimum Gasteiger partial charge on any atom is -0.491 e. The van der Waals surface area contributed by atoms with Crippen LogP contribution in [0.5, 0.6) is 5.75 Å². The number of nitrogens with one attached hydrogen (secondary N) is 1. The fourth-order valence-electron chi connectivity index (χ4n) is 2.83. The zero-order valence-corrected chi connectivity index (χ0v) is 16.5. The van der Waals surface area contributed by atoms with Crippen LogP contribution in [0.25, 0.3) is 21.5 Å². The molecule has 0 aliphatic carbocycles. The number of ether oxygens (including phenoxy) is 1. The molecule has 0 fully saturated rings. The first-order valence-corrected chi connectivity index (χ1v) is 10.1. The van der Waals surface area contributed by atoms with E-state index in [9.17, 15) is 5.11 Å². The quantitative estimate of drug-likeness (QED) is 0.436. The van der Waals surface area contributed by atoms with Crippen molar-refractivity contribution in [3.05, 3.63) is 70.6 Å². The van der Waals surface area contributed by atoms with E-state index in [1.807, 2.05) is 60.0 Å². The molecule has 0 saturated heterocycles. The monoisotopic (exact) mass is 414 g/mol. The number of fused-ring (bicyclic) bond motifs is 1. The van der Waals surface area contributed by atoms with Crippen molar-refractivity contribution in [1.29, 1.82) is 0 Å². The Bertz CT molecular complexity index is 1050. The van der Waals surface area contributed by atoms with E-state index < -0.39 is 6.10 Å². The molecule has 0 radical (unpaired) electrons. The van der Waals surface area contributed by atoms with Gasteiger partial charge in [-0.05, 0) is 41.3 Å². The minimum atomic E-state index is -0.619. The van der Waals surface area contributed by atoms with E-state index in [1.54, 1.807) is 11.3 Å². The lowest BCUT2D eigenvalue weighted by Gasteiger charge is -2.14. The number of benzene rings is 2. The van der Waals surface area contributed by atoms with Gasteiger partial charge in [0.2, 0.25) is 0 Å². The Labute approximate surface area is 171 Å². The summed E-state index contributed by atoms with van der Waals surface area (Å²) in [5, 5.41) is 20.2. The highest BCUT2D eigenvalue weighted by Crippen LogP contribution is 2.33. The van der Waals surface area contributed by atoms with Crippen LogP contribution in [0.4, 0.5) is 0 Å². The molecule has 28 heavy (non-hydrogen) atoms. The highest BCUT2D eigenvalue weighted by Gasteiger charge is 2.12. The molecule has 1 atom stereocenters. The van der Waals surface area contributed by atoms with Crippen LogP contribution >= 0.6 is 22.9 Å². The van der Waals surface area contributed by atoms with Crippen molar-refractivity contribution in [1.82, 2.24) is 10.5 Å². The van der Waals surface area contributed by atoms with Crippen LogP contribution in [0.15, 0.2) is 64.5 Å². The Kier molecular flexibility index (Phi) is 5.92. The number of nitrogens with zero attached hydrogens (tertiary/aromatic N) is 1. The summed E-state index contributed by atoms with van der Waals surface area (Å²) in [5.74, 6) is 0.682. The van der Waals surface area contributed by atoms with Crippen LogP contribution in [0.2, 0.25) is 5.02 Å². The molecule has 2 N–H and O–H groups in total. The third-order valence-electron chi connectivity index (χ3n) is 4.25. The molecule has 7 heteroatoms. The summed E-state index contributed by atoms with van der Waals surface area (Å²) in [4.78, 5) is 0. The molecule has 4 aromatic rings. The Balaban J connectivity index is 1.30. The Morgan fingerprint density at radius 3 is 2.89 bits per heavy atom. The molecule has 0 aliphatic heterocycles. The largest absolute Gasteiger partial charge is 0.491 e. The normalized spacial score (nSPS) is 12.4. The van der Waals surface area contributed by atoms with Gasteiger partial charge in [0.25, 0.3) is 0 Å². The molecule has 0 saturated carbocycles. The van der Waals surface area contributed by atoms with E-state index >= 15 is 0 Å². The topological polar surface area (TPSA) is 67.5 Å². The third-order valence-corrected chi connectivity index (χ3v) is 5.41.